The van der Waals surface area contributed by atoms with Crippen LogP contribution in [0.1, 0.15) is 25.1 Å². The monoisotopic (exact) mass is 283 g/mol. The van der Waals surface area contributed by atoms with Crippen molar-refractivity contribution < 1.29 is 4.42 Å². The van der Waals surface area contributed by atoms with Gasteiger partial charge >= 0.3 is 0 Å². The molecule has 0 radical (unpaired) electrons. The molecule has 0 atom stereocenters. The molecule has 2 aromatic heterocycles. The van der Waals surface area contributed by atoms with E-state index >= 15 is 0 Å². The van der Waals surface area contributed by atoms with Gasteiger partial charge in [0.25, 0.3) is 0 Å². The van der Waals surface area contributed by atoms with Gasteiger partial charge in [-0.3, -0.25) is 0 Å². The molecule has 0 aliphatic rings. The van der Waals surface area contributed by atoms with Crippen LogP contribution in [0.15, 0.2) is 9.57 Å². The highest BCUT2D eigenvalue weighted by Gasteiger charge is 2.09. The van der Waals surface area contributed by atoms with Crippen LogP contribution in [0.5, 0.6) is 0 Å². The maximum Gasteiger partial charge on any atom is 0.226 e. The molecule has 2 rings (SSSR count). The number of nitrogens with one attached hydrogen (secondary N) is 1. The van der Waals surface area contributed by atoms with Crippen molar-refractivity contribution in [1.29, 1.82) is 0 Å². The van der Waals surface area contributed by atoms with Gasteiger partial charge in [0.15, 0.2) is 0 Å². The minimum absolute atomic E-state index is 0.568. The molecule has 8 nitrogen and oxygen atoms in total. The van der Waals surface area contributed by atoms with E-state index in [1.807, 2.05) is 0 Å². The second kappa shape index (κ2) is 7.19. The lowest BCUT2D eigenvalue weighted by molar-refractivity contribution is 0.484. The summed E-state index contributed by atoms with van der Waals surface area (Å²) in [6.45, 7) is 6.51. The molecule has 0 spiro atoms. The number of hydrogen-bond donors (Lipinski definition) is 1. The fourth-order valence-corrected chi connectivity index (χ4v) is 2.19. The third-order valence-electron chi connectivity index (χ3n) is 2.32. The zero-order valence-corrected chi connectivity index (χ0v) is 11.9. The van der Waals surface area contributed by atoms with Crippen LogP contribution in [0.4, 0.5) is 0 Å². The fourth-order valence-electron chi connectivity index (χ4n) is 1.45. The molecule has 104 valence electrons. The first-order valence-electron chi connectivity index (χ1n) is 6.18. The smallest absolute Gasteiger partial charge is 0.226 e. The highest BCUT2D eigenvalue weighted by molar-refractivity contribution is 7.98. The zero-order valence-electron chi connectivity index (χ0n) is 11.0. The van der Waals surface area contributed by atoms with Crippen LogP contribution in [0.3, 0.4) is 0 Å². The molecule has 0 aromatic carbocycles. The maximum absolute atomic E-state index is 5.30. The van der Waals surface area contributed by atoms with E-state index in [9.17, 15) is 0 Å². The van der Waals surface area contributed by atoms with Gasteiger partial charge in [-0.1, -0.05) is 18.7 Å². The second-order valence-electron chi connectivity index (χ2n) is 3.94. The molecule has 2 heterocycles. The van der Waals surface area contributed by atoms with Crippen LogP contribution < -0.4 is 5.32 Å². The zero-order chi connectivity index (χ0) is 13.5. The molecule has 2 aromatic rings. The summed E-state index contributed by atoms with van der Waals surface area (Å²) >= 11 is 1.49. The van der Waals surface area contributed by atoms with Crippen molar-refractivity contribution in [3.63, 3.8) is 0 Å². The minimum Gasteiger partial charge on any atom is -0.425 e. The van der Waals surface area contributed by atoms with Crippen molar-refractivity contribution in [2.75, 3.05) is 13.1 Å². The third-order valence-corrected chi connectivity index (χ3v) is 3.26. The Morgan fingerprint density at radius 2 is 2.16 bits per heavy atom. The summed E-state index contributed by atoms with van der Waals surface area (Å²) in [7, 11) is 0. The van der Waals surface area contributed by atoms with Gasteiger partial charge in [-0.05, 0) is 23.4 Å². The Labute approximate surface area is 115 Å². The van der Waals surface area contributed by atoms with E-state index in [1.54, 1.807) is 11.6 Å². The van der Waals surface area contributed by atoms with Gasteiger partial charge in [-0.2, -0.15) is 0 Å². The lowest BCUT2D eigenvalue weighted by Gasteiger charge is -2.04. The minimum atomic E-state index is 0.568. The first kappa shape index (κ1) is 13.9. The quantitative estimate of drug-likeness (QED) is 0.557. The normalized spacial score (nSPS) is 11.1. The van der Waals surface area contributed by atoms with Crippen LogP contribution in [-0.4, -0.2) is 43.5 Å². The van der Waals surface area contributed by atoms with Gasteiger partial charge in [-0.25, -0.2) is 4.68 Å². The first-order valence-corrected chi connectivity index (χ1v) is 7.17. The number of aryl methyl sites for hydroxylation is 1. The SMILES string of the molecule is CCCNCCn1nnnc1SCc1nnc(C)o1. The summed E-state index contributed by atoms with van der Waals surface area (Å²) in [5.41, 5.74) is 0. The maximum atomic E-state index is 5.30. The van der Waals surface area contributed by atoms with Crippen LogP contribution in [0, 0.1) is 6.92 Å². The van der Waals surface area contributed by atoms with Gasteiger partial charge in [0.1, 0.15) is 0 Å². The Hall–Kier alpha value is -1.48. The van der Waals surface area contributed by atoms with E-state index in [-0.39, 0.29) is 0 Å². The average molecular weight is 283 g/mol. The summed E-state index contributed by atoms with van der Waals surface area (Å²) in [5, 5.41) is 23.4. The Balaban J connectivity index is 1.81. The molecule has 0 saturated heterocycles. The summed E-state index contributed by atoms with van der Waals surface area (Å²) in [5.74, 6) is 1.73. The molecule has 0 fully saturated rings. The van der Waals surface area contributed by atoms with E-state index in [1.165, 1.54) is 11.8 Å². The largest absolute Gasteiger partial charge is 0.425 e. The standard InChI is InChI=1S/C10H17N7OS/c1-3-4-11-5-6-17-10(14-15-16-17)19-7-9-13-12-8(2)18-9/h11H,3-7H2,1-2H3. The van der Waals surface area contributed by atoms with Crippen molar-refractivity contribution in [2.45, 2.75) is 37.7 Å². The topological polar surface area (TPSA) is 94.6 Å². The molecule has 0 bridgehead atoms. The van der Waals surface area contributed by atoms with Crippen molar-refractivity contribution in [3.8, 4) is 0 Å². The van der Waals surface area contributed by atoms with Gasteiger partial charge in [0, 0.05) is 13.5 Å². The molecular formula is C10H17N7OS. The van der Waals surface area contributed by atoms with Gasteiger partial charge in [0.2, 0.25) is 16.9 Å². The first-order chi connectivity index (χ1) is 9.29. The highest BCUT2D eigenvalue weighted by atomic mass is 32.2. The Morgan fingerprint density at radius 3 is 2.89 bits per heavy atom. The van der Waals surface area contributed by atoms with Crippen molar-refractivity contribution >= 4 is 11.8 Å². The lowest BCUT2D eigenvalue weighted by atomic mass is 10.5. The van der Waals surface area contributed by atoms with Crippen LogP contribution in [0.25, 0.3) is 0 Å². The van der Waals surface area contributed by atoms with Crippen molar-refractivity contribution in [2.24, 2.45) is 0 Å². The van der Waals surface area contributed by atoms with E-state index < -0.39 is 0 Å². The molecule has 0 unspecified atom stereocenters. The summed E-state index contributed by atoms with van der Waals surface area (Å²) < 4.78 is 7.08. The van der Waals surface area contributed by atoms with E-state index in [2.05, 4.69) is 38.0 Å². The average Bonchev–Trinajstić information content (AvgIpc) is 3.01. The van der Waals surface area contributed by atoms with Gasteiger partial charge in [-0.15, -0.1) is 15.3 Å². The molecule has 19 heavy (non-hydrogen) atoms. The van der Waals surface area contributed by atoms with E-state index in [0.29, 0.717) is 17.5 Å². The van der Waals surface area contributed by atoms with Crippen LogP contribution in [-0.2, 0) is 12.3 Å². The predicted octanol–water partition coefficient (Wildman–Crippen LogP) is 0.656. The fraction of sp³-hybridized carbons (Fsp3) is 0.700. The summed E-state index contributed by atoms with van der Waals surface area (Å²) in [6, 6.07) is 0. The Bertz CT molecular complexity index is 498. The van der Waals surface area contributed by atoms with Crippen LogP contribution in [0.2, 0.25) is 0 Å². The number of rotatable bonds is 8. The molecule has 9 heteroatoms. The number of hydrogen-bond acceptors (Lipinski definition) is 8. The predicted molar refractivity (Wildman–Crippen MR) is 69.6 cm³/mol. The van der Waals surface area contributed by atoms with E-state index in [4.69, 9.17) is 4.42 Å². The summed E-state index contributed by atoms with van der Waals surface area (Å²) in [4.78, 5) is 0. The number of tetrazole rings is 1. The molecule has 0 aliphatic carbocycles. The Kier molecular flexibility index (Phi) is 5.28. The van der Waals surface area contributed by atoms with Crippen LogP contribution >= 0.6 is 11.8 Å². The molecule has 0 aliphatic heterocycles. The molecule has 1 N–H and O–H groups in total. The molecular weight excluding hydrogens is 266 g/mol. The second-order valence-corrected chi connectivity index (χ2v) is 4.88. The van der Waals surface area contributed by atoms with Gasteiger partial charge in [0.05, 0.1) is 12.3 Å². The highest BCUT2D eigenvalue weighted by Crippen LogP contribution is 2.18. The lowest BCUT2D eigenvalue weighted by Crippen LogP contribution is -2.21. The summed E-state index contributed by atoms with van der Waals surface area (Å²) in [6.07, 6.45) is 1.12. The number of thioether (sulfide) groups is 1. The van der Waals surface area contributed by atoms with Crippen molar-refractivity contribution in [3.05, 3.63) is 11.8 Å². The number of nitrogens with zero attached hydrogens (tertiary/aromatic N) is 6. The van der Waals surface area contributed by atoms with Crippen molar-refractivity contribution in [1.82, 2.24) is 35.7 Å². The number of aromatic nitrogens is 6. The van der Waals surface area contributed by atoms with E-state index in [0.717, 1.165) is 31.2 Å². The third kappa shape index (κ3) is 4.28. The molecule has 0 saturated carbocycles. The van der Waals surface area contributed by atoms with Gasteiger partial charge < -0.3 is 9.73 Å². The molecule has 0 amide bonds. The Morgan fingerprint density at radius 1 is 1.26 bits per heavy atom.